The van der Waals surface area contributed by atoms with E-state index in [9.17, 15) is 19.2 Å². The van der Waals surface area contributed by atoms with E-state index in [0.717, 1.165) is 36.8 Å². The fourth-order valence-electron chi connectivity index (χ4n) is 5.45. The highest BCUT2D eigenvalue weighted by molar-refractivity contribution is 6.38. The van der Waals surface area contributed by atoms with Gasteiger partial charge in [-0.3, -0.25) is 14.6 Å². The second kappa shape index (κ2) is 16.0. The van der Waals surface area contributed by atoms with Crippen molar-refractivity contribution in [2.24, 2.45) is 5.41 Å². The first kappa shape index (κ1) is 31.9. The van der Waals surface area contributed by atoms with Gasteiger partial charge in [0.25, 0.3) is 5.91 Å². The summed E-state index contributed by atoms with van der Waals surface area (Å²) < 4.78 is 10.9. The van der Waals surface area contributed by atoms with Crippen LogP contribution in [0.4, 0.5) is 9.59 Å². The summed E-state index contributed by atoms with van der Waals surface area (Å²) >= 11 is 0. The lowest BCUT2D eigenvalue weighted by molar-refractivity contribution is -0.139. The number of urea groups is 1. The lowest BCUT2D eigenvalue weighted by Crippen LogP contribution is -2.49. The normalized spacial score (nSPS) is 17.1. The highest BCUT2D eigenvalue weighted by Crippen LogP contribution is 2.43. The molecule has 2 aliphatic rings. The fourth-order valence-corrected chi connectivity index (χ4v) is 5.45. The van der Waals surface area contributed by atoms with Gasteiger partial charge in [0.05, 0.1) is 25.9 Å². The molecule has 0 unspecified atom stereocenters. The van der Waals surface area contributed by atoms with E-state index < -0.39 is 23.8 Å². The summed E-state index contributed by atoms with van der Waals surface area (Å²) in [6.45, 7) is 4.58. The summed E-state index contributed by atoms with van der Waals surface area (Å²) in [7, 11) is 0. The zero-order valence-corrected chi connectivity index (χ0v) is 24.9. The average molecular weight is 594 g/mol. The number of carbonyl (C=O) groups excluding carboxylic acids is 4. The van der Waals surface area contributed by atoms with Crippen LogP contribution in [0.1, 0.15) is 62.6 Å². The van der Waals surface area contributed by atoms with E-state index in [1.165, 1.54) is 0 Å². The number of ether oxygens (including phenoxy) is 2. The van der Waals surface area contributed by atoms with Gasteiger partial charge in [-0.05, 0) is 62.6 Å². The minimum Gasteiger partial charge on any atom is -0.449 e. The van der Waals surface area contributed by atoms with Crippen molar-refractivity contribution in [2.75, 3.05) is 39.5 Å². The first-order chi connectivity index (χ1) is 20.8. The second-order valence-corrected chi connectivity index (χ2v) is 11.5. The highest BCUT2D eigenvalue weighted by atomic mass is 16.5. The molecular formula is C32H43N5O6. The Morgan fingerprint density at radius 2 is 1.79 bits per heavy atom. The molecule has 11 nitrogen and oxygen atoms in total. The molecule has 1 aromatic heterocycles. The summed E-state index contributed by atoms with van der Waals surface area (Å²) in [6, 6.07) is 11.7. The van der Waals surface area contributed by atoms with Gasteiger partial charge >= 0.3 is 12.1 Å². The predicted octanol–water partition coefficient (Wildman–Crippen LogP) is 3.55. The summed E-state index contributed by atoms with van der Waals surface area (Å²) in [5.74, 6) is -1.50. The Labute approximate surface area is 253 Å². The van der Waals surface area contributed by atoms with E-state index in [4.69, 9.17) is 9.47 Å². The summed E-state index contributed by atoms with van der Waals surface area (Å²) in [5.41, 5.74) is 1.80. The molecule has 0 spiro atoms. The number of rotatable bonds is 14. The molecule has 1 aliphatic carbocycles. The third kappa shape index (κ3) is 9.77. The number of amides is 4. The Kier molecular flexibility index (Phi) is 11.9. The van der Waals surface area contributed by atoms with Crippen LogP contribution in [0.2, 0.25) is 0 Å². The Balaban J connectivity index is 1.30. The van der Waals surface area contributed by atoms with Gasteiger partial charge in [-0.1, -0.05) is 42.8 Å². The maximum absolute atomic E-state index is 13.3. The quantitative estimate of drug-likeness (QED) is 0.225. The van der Waals surface area contributed by atoms with Gasteiger partial charge in [0.1, 0.15) is 6.04 Å². The van der Waals surface area contributed by atoms with Gasteiger partial charge in [-0.2, -0.15) is 0 Å². The van der Waals surface area contributed by atoms with Crippen molar-refractivity contribution < 1.29 is 28.7 Å². The number of hydrogen-bond acceptors (Lipinski definition) is 7. The molecule has 1 saturated heterocycles. The third-order valence-corrected chi connectivity index (χ3v) is 8.20. The number of unbranched alkanes of at least 4 members (excludes halogenated alkanes) is 1. The van der Waals surface area contributed by atoms with Crippen LogP contribution in [-0.2, 0) is 25.5 Å². The van der Waals surface area contributed by atoms with E-state index in [2.05, 4.69) is 20.9 Å². The van der Waals surface area contributed by atoms with Gasteiger partial charge < -0.3 is 30.3 Å². The molecule has 2 aromatic rings. The Bertz CT molecular complexity index is 1200. The van der Waals surface area contributed by atoms with E-state index >= 15 is 0 Å². The predicted molar refractivity (Wildman–Crippen MR) is 160 cm³/mol. The van der Waals surface area contributed by atoms with Crippen LogP contribution in [0.3, 0.4) is 0 Å². The average Bonchev–Trinajstić information content (AvgIpc) is 3.02. The monoisotopic (exact) mass is 593 g/mol. The number of Topliss-reactive ketones (excluding diaryl/α,β-unsaturated/α-hetero) is 1. The third-order valence-electron chi connectivity index (χ3n) is 8.20. The first-order valence-corrected chi connectivity index (χ1v) is 15.2. The van der Waals surface area contributed by atoms with Crippen molar-refractivity contribution in [1.29, 1.82) is 0 Å². The maximum Gasteiger partial charge on any atom is 0.407 e. The Morgan fingerprint density at radius 3 is 2.47 bits per heavy atom. The van der Waals surface area contributed by atoms with Crippen LogP contribution < -0.4 is 16.0 Å². The minimum atomic E-state index is -1.05. The number of aromatic nitrogens is 1. The van der Waals surface area contributed by atoms with Crippen LogP contribution in [-0.4, -0.2) is 79.2 Å². The number of ketones is 1. The topological polar surface area (TPSA) is 139 Å². The van der Waals surface area contributed by atoms with Crippen LogP contribution in [0, 0.1) is 5.41 Å². The smallest absolute Gasteiger partial charge is 0.407 e. The largest absolute Gasteiger partial charge is 0.449 e. The van der Waals surface area contributed by atoms with Gasteiger partial charge in [-0.15, -0.1) is 0 Å². The molecule has 4 rings (SSSR count). The van der Waals surface area contributed by atoms with E-state index in [0.29, 0.717) is 45.7 Å². The molecule has 11 heteroatoms. The lowest BCUT2D eigenvalue weighted by atomic mass is 9.66. The molecule has 4 amide bonds. The molecule has 1 aliphatic heterocycles. The van der Waals surface area contributed by atoms with E-state index in [1.807, 2.05) is 48.7 Å². The number of carbonyl (C=O) groups is 4. The van der Waals surface area contributed by atoms with Gasteiger partial charge in [0.15, 0.2) is 0 Å². The zero-order valence-electron chi connectivity index (χ0n) is 24.9. The molecule has 43 heavy (non-hydrogen) atoms. The van der Waals surface area contributed by atoms with Crippen molar-refractivity contribution >= 4 is 23.8 Å². The number of hydrogen-bond donors (Lipinski definition) is 3. The van der Waals surface area contributed by atoms with Gasteiger partial charge in [-0.25, -0.2) is 9.59 Å². The van der Waals surface area contributed by atoms with Crippen molar-refractivity contribution in [3.8, 4) is 0 Å². The van der Waals surface area contributed by atoms with E-state index in [-0.39, 0.29) is 30.5 Å². The van der Waals surface area contributed by atoms with Crippen molar-refractivity contribution in [3.05, 3.63) is 66.0 Å². The molecule has 2 fully saturated rings. The van der Waals surface area contributed by atoms with Crippen molar-refractivity contribution in [3.63, 3.8) is 0 Å². The highest BCUT2D eigenvalue weighted by Gasteiger charge is 2.39. The molecule has 2 heterocycles. The minimum absolute atomic E-state index is 0.150. The SMILES string of the molecule is C[C@@H](NC(=O)C(=O)[C@H](CCCCNC(=O)N1CCOCC1)NC(=O)OCC1(Cc2cccnc2)CCC1)c1ccccc1. The lowest BCUT2D eigenvalue weighted by Gasteiger charge is -2.41. The molecule has 3 N–H and O–H groups in total. The van der Waals surface area contributed by atoms with Crippen molar-refractivity contribution in [1.82, 2.24) is 25.8 Å². The number of benzene rings is 1. The first-order valence-electron chi connectivity index (χ1n) is 15.2. The molecule has 232 valence electrons. The number of nitrogens with zero attached hydrogens (tertiary/aromatic N) is 2. The molecule has 2 atom stereocenters. The summed E-state index contributed by atoms with van der Waals surface area (Å²) in [4.78, 5) is 57.3. The van der Waals surface area contributed by atoms with Crippen LogP contribution in [0.25, 0.3) is 0 Å². The molecule has 1 aromatic carbocycles. The van der Waals surface area contributed by atoms with Gasteiger partial charge in [0, 0.05) is 37.4 Å². The fraction of sp³-hybridized carbons (Fsp3) is 0.531. The Morgan fingerprint density at radius 1 is 1.02 bits per heavy atom. The summed E-state index contributed by atoms with van der Waals surface area (Å²) in [6.07, 6.45) is 7.84. The molecule has 0 radical (unpaired) electrons. The van der Waals surface area contributed by atoms with E-state index in [1.54, 1.807) is 18.0 Å². The van der Waals surface area contributed by atoms with Crippen LogP contribution >= 0.6 is 0 Å². The maximum atomic E-state index is 13.3. The molecule has 0 bridgehead atoms. The second-order valence-electron chi connectivity index (χ2n) is 11.5. The van der Waals surface area contributed by atoms with Crippen LogP contribution in [0.15, 0.2) is 54.9 Å². The number of nitrogens with one attached hydrogen (secondary N) is 3. The van der Waals surface area contributed by atoms with Crippen LogP contribution in [0.5, 0.6) is 0 Å². The number of pyridine rings is 1. The standard InChI is InChI=1S/C32H43N5O6/c1-24(26-10-3-2-4-11-26)35-29(39)28(38)27(12-5-6-16-34-30(40)37-17-19-42-20-18-37)36-31(41)43-23-32(13-8-14-32)21-25-9-7-15-33-22-25/h2-4,7,9-11,15,22,24,27H,5-6,8,12-14,16-21,23H2,1H3,(H,34,40)(H,35,39)(H,36,41)/t24-,27+/m1/s1. The zero-order chi connectivity index (χ0) is 30.5. The molecular weight excluding hydrogens is 550 g/mol. The Hall–Kier alpha value is -3.99. The van der Waals surface area contributed by atoms with Gasteiger partial charge in [0.2, 0.25) is 5.78 Å². The number of morpholine rings is 1. The molecule has 1 saturated carbocycles. The number of alkyl carbamates (subject to hydrolysis) is 1. The summed E-state index contributed by atoms with van der Waals surface area (Å²) in [5, 5.41) is 8.28. The van der Waals surface area contributed by atoms with Crippen molar-refractivity contribution in [2.45, 2.75) is 64.0 Å².